The van der Waals surface area contributed by atoms with E-state index in [1.807, 2.05) is 0 Å². The quantitative estimate of drug-likeness (QED) is 0.638. The lowest BCUT2D eigenvalue weighted by Crippen LogP contribution is -2.32. The van der Waals surface area contributed by atoms with Crippen molar-refractivity contribution in [3.8, 4) is 0 Å². The summed E-state index contributed by atoms with van der Waals surface area (Å²) in [6, 6.07) is 5.07. The average Bonchev–Trinajstić information content (AvgIpc) is 3.04. The summed E-state index contributed by atoms with van der Waals surface area (Å²) >= 11 is 5.87. The zero-order chi connectivity index (χ0) is 12.2. The first kappa shape index (κ1) is 10.6. The molecular formula is C12H11ClN2O2. The van der Waals surface area contributed by atoms with Crippen LogP contribution in [0, 0.1) is 11.8 Å². The number of fused-ring (bicyclic) bond motifs is 1. The van der Waals surface area contributed by atoms with Gasteiger partial charge in [-0.05, 0) is 30.2 Å². The fourth-order valence-electron chi connectivity index (χ4n) is 2.29. The van der Waals surface area contributed by atoms with E-state index < -0.39 is 0 Å². The van der Waals surface area contributed by atoms with Gasteiger partial charge in [0.15, 0.2) is 0 Å². The first-order valence-corrected chi connectivity index (χ1v) is 5.85. The lowest BCUT2D eigenvalue weighted by atomic mass is 10.1. The summed E-state index contributed by atoms with van der Waals surface area (Å²) < 4.78 is 0. The second-order valence-corrected chi connectivity index (χ2v) is 4.99. The van der Waals surface area contributed by atoms with Crippen LogP contribution >= 0.6 is 11.6 Å². The van der Waals surface area contributed by atoms with Crippen LogP contribution in [0.5, 0.6) is 0 Å². The Morgan fingerprint density at radius 1 is 1.29 bits per heavy atom. The van der Waals surface area contributed by atoms with Crippen LogP contribution in [0.2, 0.25) is 5.02 Å². The topological polar surface area (TPSA) is 63.4 Å². The molecule has 1 aromatic rings. The van der Waals surface area contributed by atoms with Crippen LogP contribution in [0.25, 0.3) is 0 Å². The van der Waals surface area contributed by atoms with E-state index in [9.17, 15) is 9.59 Å². The van der Waals surface area contributed by atoms with Crippen molar-refractivity contribution in [3.05, 3.63) is 28.8 Å². The average molecular weight is 251 g/mol. The third-order valence-corrected chi connectivity index (χ3v) is 3.63. The highest BCUT2D eigenvalue weighted by molar-refractivity contribution is 6.30. The number of nitrogen functional groups attached to an aromatic ring is 1. The predicted molar refractivity (Wildman–Crippen MR) is 63.0 cm³/mol. The van der Waals surface area contributed by atoms with E-state index >= 15 is 0 Å². The highest BCUT2D eigenvalue weighted by Crippen LogP contribution is 2.47. The number of anilines is 1. The van der Waals surface area contributed by atoms with Crippen LogP contribution in [0.15, 0.2) is 18.2 Å². The van der Waals surface area contributed by atoms with E-state index in [2.05, 4.69) is 0 Å². The number of carbonyl (C=O) groups is 2. The van der Waals surface area contributed by atoms with Gasteiger partial charge in [0.2, 0.25) is 11.8 Å². The van der Waals surface area contributed by atoms with Gasteiger partial charge in [0.1, 0.15) is 0 Å². The molecule has 0 radical (unpaired) electrons. The lowest BCUT2D eigenvalue weighted by molar-refractivity contribution is -0.142. The number of carbonyl (C=O) groups excluding carboxylic acids is 2. The highest BCUT2D eigenvalue weighted by Gasteiger charge is 2.58. The summed E-state index contributed by atoms with van der Waals surface area (Å²) in [6.07, 6.45) is 0.721. The molecule has 17 heavy (non-hydrogen) atoms. The minimum absolute atomic E-state index is 0.0668. The van der Waals surface area contributed by atoms with Crippen LogP contribution in [-0.4, -0.2) is 16.7 Å². The summed E-state index contributed by atoms with van der Waals surface area (Å²) in [6.45, 7) is 0.233. The predicted octanol–water partition coefficient (Wildman–Crippen LogP) is 1.43. The van der Waals surface area contributed by atoms with E-state index in [4.69, 9.17) is 17.3 Å². The molecule has 0 bridgehead atoms. The molecule has 2 aliphatic rings. The maximum Gasteiger partial charge on any atom is 0.233 e. The SMILES string of the molecule is Nc1ccc(Cl)cc1CN1C(=O)C2CC2C1=O. The number of rotatable bonds is 2. The van der Waals surface area contributed by atoms with Crippen molar-refractivity contribution in [1.29, 1.82) is 0 Å². The van der Waals surface area contributed by atoms with Crippen LogP contribution in [0.4, 0.5) is 5.69 Å². The summed E-state index contributed by atoms with van der Waals surface area (Å²) in [5.74, 6) is -0.274. The number of piperidine rings is 1. The van der Waals surface area contributed by atoms with E-state index in [1.54, 1.807) is 18.2 Å². The smallest absolute Gasteiger partial charge is 0.233 e. The van der Waals surface area contributed by atoms with Gasteiger partial charge in [0, 0.05) is 10.7 Å². The minimum Gasteiger partial charge on any atom is -0.398 e. The molecule has 1 saturated heterocycles. The molecule has 2 N–H and O–H groups in total. The number of hydrogen-bond donors (Lipinski definition) is 1. The lowest BCUT2D eigenvalue weighted by Gasteiger charge is -2.17. The highest BCUT2D eigenvalue weighted by atomic mass is 35.5. The fraction of sp³-hybridized carbons (Fsp3) is 0.333. The van der Waals surface area contributed by atoms with E-state index in [0.29, 0.717) is 10.7 Å². The van der Waals surface area contributed by atoms with Crippen molar-refractivity contribution in [1.82, 2.24) is 4.90 Å². The number of imide groups is 1. The molecule has 88 valence electrons. The number of nitrogens with two attached hydrogens (primary N) is 1. The Morgan fingerprint density at radius 2 is 1.94 bits per heavy atom. The van der Waals surface area contributed by atoms with Crippen LogP contribution in [-0.2, 0) is 16.1 Å². The van der Waals surface area contributed by atoms with Crippen molar-refractivity contribution >= 4 is 29.1 Å². The second-order valence-electron chi connectivity index (χ2n) is 4.55. The van der Waals surface area contributed by atoms with Crippen LogP contribution in [0.3, 0.4) is 0 Å². The third kappa shape index (κ3) is 1.60. The maximum absolute atomic E-state index is 11.8. The third-order valence-electron chi connectivity index (χ3n) is 3.39. The zero-order valence-electron chi connectivity index (χ0n) is 9.02. The summed E-state index contributed by atoms with van der Waals surface area (Å²) in [5.41, 5.74) is 7.07. The van der Waals surface area contributed by atoms with Gasteiger partial charge in [0.05, 0.1) is 18.4 Å². The Kier molecular flexibility index (Phi) is 2.16. The van der Waals surface area contributed by atoms with Crippen molar-refractivity contribution in [3.63, 3.8) is 0 Å². The maximum atomic E-state index is 11.8. The van der Waals surface area contributed by atoms with Gasteiger partial charge >= 0.3 is 0 Å². The number of likely N-dealkylation sites (tertiary alicyclic amines) is 1. The Balaban J connectivity index is 1.85. The molecule has 4 nitrogen and oxygen atoms in total. The van der Waals surface area contributed by atoms with Crippen molar-refractivity contribution in [2.24, 2.45) is 11.8 Å². The first-order chi connectivity index (χ1) is 8.08. The summed E-state index contributed by atoms with van der Waals surface area (Å²) in [5, 5.41) is 0.554. The molecule has 0 aromatic heterocycles. The van der Waals surface area contributed by atoms with Gasteiger partial charge in [-0.25, -0.2) is 0 Å². The number of amides is 2. The van der Waals surface area contributed by atoms with Crippen molar-refractivity contribution < 1.29 is 9.59 Å². The standard InChI is InChI=1S/C12H11ClN2O2/c13-7-1-2-10(14)6(3-7)5-15-11(16)8-4-9(8)12(15)17/h1-3,8-9H,4-5,14H2. The van der Waals surface area contributed by atoms with Crippen LogP contribution in [0.1, 0.15) is 12.0 Å². The van der Waals surface area contributed by atoms with Gasteiger partial charge in [-0.3, -0.25) is 14.5 Å². The van der Waals surface area contributed by atoms with Gasteiger partial charge in [-0.15, -0.1) is 0 Å². The van der Waals surface area contributed by atoms with E-state index in [0.717, 1.165) is 12.0 Å². The molecule has 1 saturated carbocycles. The fourth-order valence-corrected chi connectivity index (χ4v) is 2.48. The second kappa shape index (κ2) is 3.47. The normalized spacial score (nSPS) is 26.3. The van der Waals surface area contributed by atoms with Gasteiger partial charge < -0.3 is 5.73 Å². The Bertz CT molecular complexity index is 509. The molecule has 2 unspecified atom stereocenters. The molecule has 0 spiro atoms. The van der Waals surface area contributed by atoms with Gasteiger partial charge in [-0.2, -0.15) is 0 Å². The molecule has 1 aliphatic carbocycles. The van der Waals surface area contributed by atoms with Gasteiger partial charge in [-0.1, -0.05) is 11.6 Å². The molecule has 1 heterocycles. The Labute approximate surface area is 103 Å². The minimum atomic E-state index is -0.0700. The monoisotopic (exact) mass is 250 g/mol. The molecule has 1 aliphatic heterocycles. The molecule has 3 rings (SSSR count). The Morgan fingerprint density at radius 3 is 2.59 bits per heavy atom. The van der Waals surface area contributed by atoms with Crippen LogP contribution < -0.4 is 5.73 Å². The number of nitrogens with zero attached hydrogens (tertiary/aromatic N) is 1. The molecular weight excluding hydrogens is 240 g/mol. The van der Waals surface area contributed by atoms with E-state index in [-0.39, 0.29) is 30.2 Å². The number of benzene rings is 1. The first-order valence-electron chi connectivity index (χ1n) is 5.47. The van der Waals surface area contributed by atoms with Crippen molar-refractivity contribution in [2.45, 2.75) is 13.0 Å². The number of halogens is 1. The Hall–Kier alpha value is -1.55. The molecule has 2 amide bonds. The number of hydrogen-bond acceptors (Lipinski definition) is 3. The zero-order valence-corrected chi connectivity index (χ0v) is 9.78. The summed E-state index contributed by atoms with van der Waals surface area (Å²) in [7, 11) is 0. The molecule has 1 aromatic carbocycles. The van der Waals surface area contributed by atoms with Gasteiger partial charge in [0.25, 0.3) is 0 Å². The molecule has 2 fully saturated rings. The molecule has 5 heteroatoms. The molecule has 2 atom stereocenters. The van der Waals surface area contributed by atoms with Crippen molar-refractivity contribution in [2.75, 3.05) is 5.73 Å². The largest absolute Gasteiger partial charge is 0.398 e. The summed E-state index contributed by atoms with van der Waals surface area (Å²) in [4.78, 5) is 24.9. The van der Waals surface area contributed by atoms with E-state index in [1.165, 1.54) is 4.90 Å².